The van der Waals surface area contributed by atoms with Crippen LogP contribution in [0.1, 0.15) is 37.0 Å². The molecule has 0 saturated carbocycles. The number of hydrogen-bond donors (Lipinski definition) is 2. The zero-order chi connectivity index (χ0) is 18.3. The summed E-state index contributed by atoms with van der Waals surface area (Å²) in [5.74, 6) is -1.11. The Bertz CT molecular complexity index is 698. The van der Waals surface area contributed by atoms with Gasteiger partial charge in [0.2, 0.25) is 5.88 Å². The van der Waals surface area contributed by atoms with Gasteiger partial charge in [0.25, 0.3) is 10.0 Å². The fourth-order valence-corrected chi connectivity index (χ4v) is 3.14. The first-order valence-corrected chi connectivity index (χ1v) is 8.85. The normalized spacial score (nSPS) is 11.0. The summed E-state index contributed by atoms with van der Waals surface area (Å²) in [6, 6.07) is -0.890. The van der Waals surface area contributed by atoms with Crippen LogP contribution in [0.2, 0.25) is 0 Å². The Morgan fingerprint density at radius 3 is 2.50 bits per heavy atom. The minimum atomic E-state index is -4.35. The van der Waals surface area contributed by atoms with Crippen molar-refractivity contribution in [3.8, 4) is 5.88 Å². The van der Waals surface area contributed by atoms with Crippen molar-refractivity contribution < 1.29 is 27.5 Å². The SMILES string of the molecule is CCCCNC(=O)NS(=O)(=O)c1c(C(=O)OCC)c(OC)nn1C. The van der Waals surface area contributed by atoms with E-state index in [2.05, 4.69) is 10.4 Å². The number of nitrogens with one attached hydrogen (secondary N) is 2. The molecule has 1 aromatic heterocycles. The zero-order valence-electron chi connectivity index (χ0n) is 14.1. The van der Waals surface area contributed by atoms with Crippen LogP contribution in [0.4, 0.5) is 4.79 Å². The van der Waals surface area contributed by atoms with E-state index in [4.69, 9.17) is 9.47 Å². The molecule has 1 rings (SSSR count). The number of ether oxygens (including phenoxy) is 2. The van der Waals surface area contributed by atoms with Crippen LogP contribution in [0.3, 0.4) is 0 Å². The number of rotatable bonds is 8. The maximum absolute atomic E-state index is 12.5. The summed E-state index contributed by atoms with van der Waals surface area (Å²) in [6.45, 7) is 3.89. The van der Waals surface area contributed by atoms with E-state index in [9.17, 15) is 18.0 Å². The number of hydrogen-bond acceptors (Lipinski definition) is 7. The third kappa shape index (κ3) is 4.60. The first kappa shape index (κ1) is 19.7. The first-order chi connectivity index (χ1) is 11.3. The summed E-state index contributed by atoms with van der Waals surface area (Å²) in [4.78, 5) is 23.8. The van der Waals surface area contributed by atoms with Crippen molar-refractivity contribution in [2.24, 2.45) is 7.05 Å². The van der Waals surface area contributed by atoms with Gasteiger partial charge in [0, 0.05) is 13.6 Å². The number of amides is 2. The van der Waals surface area contributed by atoms with E-state index >= 15 is 0 Å². The molecular formula is C13H22N4O6S. The van der Waals surface area contributed by atoms with Crippen LogP contribution in [-0.2, 0) is 21.8 Å². The molecule has 2 N–H and O–H groups in total. The number of carbonyl (C=O) groups is 2. The summed E-state index contributed by atoms with van der Waals surface area (Å²) in [5, 5.41) is 5.73. The van der Waals surface area contributed by atoms with Crippen molar-refractivity contribution in [2.45, 2.75) is 31.7 Å². The second-order valence-electron chi connectivity index (χ2n) is 4.75. The Morgan fingerprint density at radius 1 is 1.29 bits per heavy atom. The van der Waals surface area contributed by atoms with Gasteiger partial charge in [0.1, 0.15) is 0 Å². The second-order valence-corrected chi connectivity index (χ2v) is 6.35. The fraction of sp³-hybridized carbons (Fsp3) is 0.615. The van der Waals surface area contributed by atoms with Crippen LogP contribution in [-0.4, -0.2) is 50.5 Å². The van der Waals surface area contributed by atoms with E-state index in [0.717, 1.165) is 11.1 Å². The van der Waals surface area contributed by atoms with E-state index < -0.39 is 27.0 Å². The molecule has 0 aliphatic heterocycles. The van der Waals surface area contributed by atoms with Crippen molar-refractivity contribution >= 4 is 22.0 Å². The topological polar surface area (TPSA) is 129 Å². The number of esters is 1. The molecule has 0 bridgehead atoms. The lowest BCUT2D eigenvalue weighted by Gasteiger charge is -2.10. The highest BCUT2D eigenvalue weighted by Gasteiger charge is 2.34. The van der Waals surface area contributed by atoms with Gasteiger partial charge in [0.05, 0.1) is 13.7 Å². The number of nitrogens with zero attached hydrogens (tertiary/aromatic N) is 2. The van der Waals surface area contributed by atoms with E-state index in [-0.39, 0.29) is 18.1 Å². The highest BCUT2D eigenvalue weighted by atomic mass is 32.2. The van der Waals surface area contributed by atoms with Crippen LogP contribution in [0.25, 0.3) is 0 Å². The summed E-state index contributed by atoms with van der Waals surface area (Å²) in [7, 11) is -1.80. The molecule has 0 unspecified atom stereocenters. The zero-order valence-corrected chi connectivity index (χ0v) is 14.9. The molecular weight excluding hydrogens is 340 g/mol. The third-order valence-electron chi connectivity index (χ3n) is 2.93. The number of aryl methyl sites for hydroxylation is 1. The van der Waals surface area contributed by atoms with Crippen molar-refractivity contribution in [1.82, 2.24) is 19.8 Å². The predicted octanol–water partition coefficient (Wildman–Crippen LogP) is 0.393. The average Bonchev–Trinajstić information content (AvgIpc) is 2.84. The van der Waals surface area contributed by atoms with Crippen molar-refractivity contribution in [3.63, 3.8) is 0 Å². The van der Waals surface area contributed by atoms with Crippen molar-refractivity contribution in [2.75, 3.05) is 20.3 Å². The van der Waals surface area contributed by atoms with Gasteiger partial charge in [0.15, 0.2) is 10.6 Å². The molecule has 24 heavy (non-hydrogen) atoms. The molecule has 0 aromatic carbocycles. The van der Waals surface area contributed by atoms with E-state index in [1.54, 1.807) is 6.92 Å². The van der Waals surface area contributed by atoms with Gasteiger partial charge in [-0.3, -0.25) is 4.68 Å². The number of urea groups is 1. The van der Waals surface area contributed by atoms with Gasteiger partial charge in [-0.05, 0) is 13.3 Å². The number of carbonyl (C=O) groups excluding carboxylic acids is 2. The predicted molar refractivity (Wildman–Crippen MR) is 84.3 cm³/mol. The molecule has 1 aromatic rings. The van der Waals surface area contributed by atoms with Gasteiger partial charge in [-0.2, -0.15) is 8.42 Å². The van der Waals surface area contributed by atoms with Gasteiger partial charge in [-0.25, -0.2) is 14.3 Å². The number of aromatic nitrogens is 2. The summed E-state index contributed by atoms with van der Waals surface area (Å²) in [5.41, 5.74) is -0.365. The molecule has 0 atom stereocenters. The maximum atomic E-state index is 12.5. The third-order valence-corrected chi connectivity index (χ3v) is 4.36. The molecule has 0 aliphatic carbocycles. The van der Waals surface area contributed by atoms with E-state index in [1.807, 2.05) is 11.6 Å². The standard InChI is InChI=1S/C13H22N4O6S/c1-5-7-8-14-13(19)16-24(20,21)11-9(12(18)23-6-2)10(22-4)15-17(11)3/h5-8H2,1-4H3,(H2,14,16,19). The highest BCUT2D eigenvalue weighted by Crippen LogP contribution is 2.25. The first-order valence-electron chi connectivity index (χ1n) is 7.37. The molecule has 11 heteroatoms. The van der Waals surface area contributed by atoms with Crippen LogP contribution in [0, 0.1) is 0 Å². The fourth-order valence-electron chi connectivity index (χ4n) is 1.90. The molecule has 136 valence electrons. The molecule has 0 fully saturated rings. The maximum Gasteiger partial charge on any atom is 0.346 e. The molecule has 10 nitrogen and oxygen atoms in total. The number of methoxy groups -OCH3 is 1. The quantitative estimate of drug-likeness (QED) is 0.505. The Labute approximate surface area is 140 Å². The van der Waals surface area contributed by atoms with Crippen molar-refractivity contribution in [3.05, 3.63) is 5.56 Å². The molecule has 0 aliphatic rings. The van der Waals surface area contributed by atoms with Crippen LogP contribution in [0.15, 0.2) is 5.03 Å². The molecule has 0 saturated heterocycles. The largest absolute Gasteiger partial charge is 0.479 e. The van der Waals surface area contributed by atoms with Gasteiger partial charge in [-0.1, -0.05) is 13.3 Å². The lowest BCUT2D eigenvalue weighted by atomic mass is 10.3. The van der Waals surface area contributed by atoms with Crippen LogP contribution >= 0.6 is 0 Å². The Balaban J connectivity index is 3.16. The molecule has 2 amide bonds. The molecule has 0 spiro atoms. The Morgan fingerprint density at radius 2 is 1.96 bits per heavy atom. The second kappa shape index (κ2) is 8.52. The minimum Gasteiger partial charge on any atom is -0.479 e. The lowest BCUT2D eigenvalue weighted by molar-refractivity contribution is 0.0517. The Kier molecular flexibility index (Phi) is 7.01. The smallest absolute Gasteiger partial charge is 0.346 e. The molecule has 1 heterocycles. The summed E-state index contributed by atoms with van der Waals surface area (Å²) >= 11 is 0. The van der Waals surface area contributed by atoms with Gasteiger partial charge < -0.3 is 14.8 Å². The van der Waals surface area contributed by atoms with E-state index in [0.29, 0.717) is 13.0 Å². The number of sulfonamides is 1. The lowest BCUT2D eigenvalue weighted by Crippen LogP contribution is -2.40. The highest BCUT2D eigenvalue weighted by molar-refractivity contribution is 7.90. The summed E-state index contributed by atoms with van der Waals surface area (Å²) < 4.78 is 37.5. The average molecular weight is 362 g/mol. The van der Waals surface area contributed by atoms with Crippen LogP contribution < -0.4 is 14.8 Å². The summed E-state index contributed by atoms with van der Waals surface area (Å²) in [6.07, 6.45) is 1.56. The van der Waals surface area contributed by atoms with E-state index in [1.165, 1.54) is 14.2 Å². The number of unbranched alkanes of at least 4 members (excludes halogenated alkanes) is 1. The Hall–Kier alpha value is -2.30. The monoisotopic (exact) mass is 362 g/mol. The molecule has 0 radical (unpaired) electrons. The minimum absolute atomic E-state index is 0.0430. The van der Waals surface area contributed by atoms with Crippen molar-refractivity contribution in [1.29, 1.82) is 0 Å². The van der Waals surface area contributed by atoms with Crippen LogP contribution in [0.5, 0.6) is 5.88 Å². The van der Waals surface area contributed by atoms with Gasteiger partial charge >= 0.3 is 12.0 Å². The van der Waals surface area contributed by atoms with Gasteiger partial charge in [-0.15, -0.1) is 5.10 Å².